The van der Waals surface area contributed by atoms with Crippen LogP contribution < -0.4 is 15.8 Å². The zero-order valence-electron chi connectivity index (χ0n) is 11.1. The fourth-order valence-electron chi connectivity index (χ4n) is 1.67. The topological polar surface area (TPSA) is 64.3 Å². The van der Waals surface area contributed by atoms with Crippen molar-refractivity contribution in [3.63, 3.8) is 0 Å². The van der Waals surface area contributed by atoms with E-state index >= 15 is 0 Å². The Bertz CT molecular complexity index is 632. The van der Waals surface area contributed by atoms with Crippen LogP contribution in [0.3, 0.4) is 0 Å². The predicted octanol–water partition coefficient (Wildman–Crippen LogP) is 2.87. The molecular formula is C15H14ClFN2O2. The van der Waals surface area contributed by atoms with Crippen molar-refractivity contribution >= 4 is 23.2 Å². The number of ether oxygens (including phenoxy) is 1. The number of nitrogens with one attached hydrogen (secondary N) is 1. The number of hydrogen-bond acceptors (Lipinski definition) is 3. The highest BCUT2D eigenvalue weighted by molar-refractivity contribution is 6.33. The number of benzene rings is 2. The molecule has 0 aliphatic heterocycles. The number of halogens is 2. The van der Waals surface area contributed by atoms with Gasteiger partial charge in [0.05, 0.1) is 17.1 Å². The Labute approximate surface area is 126 Å². The van der Waals surface area contributed by atoms with Crippen LogP contribution in [-0.4, -0.2) is 19.1 Å². The summed E-state index contributed by atoms with van der Waals surface area (Å²) >= 11 is 5.80. The lowest BCUT2D eigenvalue weighted by Gasteiger charge is -2.09. The summed E-state index contributed by atoms with van der Waals surface area (Å²) in [4.78, 5) is 11.8. The van der Waals surface area contributed by atoms with Crippen molar-refractivity contribution in [3.8, 4) is 5.75 Å². The summed E-state index contributed by atoms with van der Waals surface area (Å²) in [5, 5.41) is 2.72. The highest BCUT2D eigenvalue weighted by atomic mass is 35.5. The summed E-state index contributed by atoms with van der Waals surface area (Å²) in [5.41, 5.74) is 6.44. The summed E-state index contributed by atoms with van der Waals surface area (Å²) in [6, 6.07) is 10.6. The molecule has 6 heteroatoms. The summed E-state index contributed by atoms with van der Waals surface area (Å²) in [5.74, 6) is -0.192. The minimum atomic E-state index is -0.483. The summed E-state index contributed by atoms with van der Waals surface area (Å²) in [7, 11) is 0. The van der Waals surface area contributed by atoms with E-state index in [0.717, 1.165) is 6.07 Å². The van der Waals surface area contributed by atoms with Crippen LogP contribution in [0.5, 0.6) is 5.75 Å². The third-order valence-corrected chi connectivity index (χ3v) is 3.02. The van der Waals surface area contributed by atoms with Crippen LogP contribution in [0, 0.1) is 5.82 Å². The van der Waals surface area contributed by atoms with Gasteiger partial charge >= 0.3 is 0 Å². The van der Waals surface area contributed by atoms with E-state index in [-0.39, 0.29) is 16.5 Å². The number of hydrogen-bond donors (Lipinski definition) is 2. The molecule has 0 unspecified atom stereocenters. The zero-order chi connectivity index (χ0) is 15.2. The van der Waals surface area contributed by atoms with Gasteiger partial charge in [-0.15, -0.1) is 0 Å². The van der Waals surface area contributed by atoms with Gasteiger partial charge in [-0.25, -0.2) is 4.39 Å². The molecule has 0 saturated heterocycles. The molecule has 2 aromatic carbocycles. The quantitative estimate of drug-likeness (QED) is 0.659. The average Bonchev–Trinajstić information content (AvgIpc) is 2.45. The normalized spacial score (nSPS) is 10.2. The molecule has 0 aliphatic carbocycles. The number of carbonyl (C=O) groups excluding carboxylic acids is 1. The molecule has 110 valence electrons. The Balaban J connectivity index is 1.80. The molecule has 4 nitrogen and oxygen atoms in total. The van der Waals surface area contributed by atoms with E-state index in [9.17, 15) is 9.18 Å². The largest absolute Gasteiger partial charge is 0.492 e. The summed E-state index contributed by atoms with van der Waals surface area (Å²) < 4.78 is 18.3. The first-order valence-corrected chi connectivity index (χ1v) is 6.65. The van der Waals surface area contributed by atoms with E-state index in [2.05, 4.69) is 5.32 Å². The van der Waals surface area contributed by atoms with Gasteiger partial charge in [-0.05, 0) is 42.5 Å². The van der Waals surface area contributed by atoms with Crippen LogP contribution in [-0.2, 0) is 0 Å². The number of nitrogens with two attached hydrogens (primary N) is 1. The smallest absolute Gasteiger partial charge is 0.252 e. The van der Waals surface area contributed by atoms with Gasteiger partial charge in [0, 0.05) is 5.69 Å². The number of rotatable bonds is 5. The van der Waals surface area contributed by atoms with Crippen molar-refractivity contribution in [3.05, 3.63) is 58.9 Å². The van der Waals surface area contributed by atoms with Gasteiger partial charge in [0.2, 0.25) is 0 Å². The van der Waals surface area contributed by atoms with Crippen LogP contribution in [0.2, 0.25) is 5.02 Å². The molecule has 0 heterocycles. The van der Waals surface area contributed by atoms with E-state index in [1.165, 1.54) is 12.1 Å². The maximum Gasteiger partial charge on any atom is 0.252 e. The van der Waals surface area contributed by atoms with Gasteiger partial charge in [0.25, 0.3) is 5.91 Å². The molecule has 0 aromatic heterocycles. The third-order valence-electron chi connectivity index (χ3n) is 2.71. The second-order valence-corrected chi connectivity index (χ2v) is 4.70. The number of carbonyl (C=O) groups is 1. The van der Waals surface area contributed by atoms with E-state index in [1.807, 2.05) is 0 Å². The van der Waals surface area contributed by atoms with E-state index in [4.69, 9.17) is 22.1 Å². The Kier molecular flexibility index (Phi) is 5.00. The van der Waals surface area contributed by atoms with Crippen molar-refractivity contribution in [2.45, 2.75) is 0 Å². The molecule has 3 N–H and O–H groups in total. The fraction of sp³-hybridized carbons (Fsp3) is 0.133. The Morgan fingerprint density at radius 2 is 1.95 bits per heavy atom. The zero-order valence-corrected chi connectivity index (χ0v) is 11.9. The van der Waals surface area contributed by atoms with Gasteiger partial charge < -0.3 is 15.8 Å². The second-order valence-electron chi connectivity index (χ2n) is 4.30. The Hall–Kier alpha value is -2.27. The minimum absolute atomic E-state index is 0.0759. The molecule has 0 atom stereocenters. The van der Waals surface area contributed by atoms with Crippen LogP contribution >= 0.6 is 11.6 Å². The van der Waals surface area contributed by atoms with Crippen molar-refractivity contribution < 1.29 is 13.9 Å². The average molecular weight is 309 g/mol. The standard InChI is InChI=1S/C15H14ClFN2O2/c16-14-9-10(17)1-6-13(14)15(20)19-7-8-21-12-4-2-11(18)3-5-12/h1-6,9H,7-8,18H2,(H,19,20). The van der Waals surface area contributed by atoms with Crippen LogP contribution in [0.1, 0.15) is 10.4 Å². The third kappa shape index (κ3) is 4.36. The van der Waals surface area contributed by atoms with Gasteiger partial charge in [-0.2, -0.15) is 0 Å². The maximum atomic E-state index is 12.9. The van der Waals surface area contributed by atoms with Crippen molar-refractivity contribution in [2.75, 3.05) is 18.9 Å². The van der Waals surface area contributed by atoms with E-state index in [0.29, 0.717) is 24.6 Å². The summed E-state index contributed by atoms with van der Waals surface area (Å²) in [6.45, 7) is 0.603. The summed E-state index contributed by atoms with van der Waals surface area (Å²) in [6.07, 6.45) is 0. The molecule has 21 heavy (non-hydrogen) atoms. The molecule has 0 radical (unpaired) electrons. The van der Waals surface area contributed by atoms with Crippen LogP contribution in [0.4, 0.5) is 10.1 Å². The molecule has 0 aliphatic rings. The van der Waals surface area contributed by atoms with Crippen molar-refractivity contribution in [2.24, 2.45) is 0 Å². The first-order chi connectivity index (χ1) is 10.1. The van der Waals surface area contributed by atoms with Crippen LogP contribution in [0.25, 0.3) is 0 Å². The van der Waals surface area contributed by atoms with E-state index in [1.54, 1.807) is 24.3 Å². The second kappa shape index (κ2) is 6.95. The van der Waals surface area contributed by atoms with Gasteiger partial charge in [-0.3, -0.25) is 4.79 Å². The number of nitrogen functional groups attached to an aromatic ring is 1. The SMILES string of the molecule is Nc1ccc(OCCNC(=O)c2ccc(F)cc2Cl)cc1. The molecule has 0 bridgehead atoms. The van der Waals surface area contributed by atoms with Gasteiger partial charge in [-0.1, -0.05) is 11.6 Å². The Morgan fingerprint density at radius 1 is 1.24 bits per heavy atom. The molecule has 2 rings (SSSR count). The highest BCUT2D eigenvalue weighted by Crippen LogP contribution is 2.17. The molecule has 2 aromatic rings. The first-order valence-electron chi connectivity index (χ1n) is 6.28. The van der Waals surface area contributed by atoms with Crippen molar-refractivity contribution in [1.82, 2.24) is 5.32 Å². The monoisotopic (exact) mass is 308 g/mol. The fourth-order valence-corrected chi connectivity index (χ4v) is 1.92. The predicted molar refractivity (Wildman–Crippen MR) is 80.1 cm³/mol. The molecule has 0 spiro atoms. The lowest BCUT2D eigenvalue weighted by molar-refractivity contribution is 0.0947. The molecule has 0 saturated carbocycles. The first kappa shape index (κ1) is 15.1. The molecular weight excluding hydrogens is 295 g/mol. The number of amides is 1. The van der Waals surface area contributed by atoms with Crippen molar-refractivity contribution in [1.29, 1.82) is 0 Å². The minimum Gasteiger partial charge on any atom is -0.492 e. The molecule has 0 fully saturated rings. The van der Waals surface area contributed by atoms with E-state index < -0.39 is 5.82 Å². The lowest BCUT2D eigenvalue weighted by atomic mass is 10.2. The van der Waals surface area contributed by atoms with Gasteiger partial charge in [0.15, 0.2) is 0 Å². The van der Waals surface area contributed by atoms with Gasteiger partial charge in [0.1, 0.15) is 18.2 Å². The maximum absolute atomic E-state index is 12.9. The lowest BCUT2D eigenvalue weighted by Crippen LogP contribution is -2.28. The molecule has 1 amide bonds. The Morgan fingerprint density at radius 3 is 2.62 bits per heavy atom. The number of anilines is 1. The van der Waals surface area contributed by atoms with Crippen LogP contribution in [0.15, 0.2) is 42.5 Å². The highest BCUT2D eigenvalue weighted by Gasteiger charge is 2.10.